The van der Waals surface area contributed by atoms with Crippen molar-refractivity contribution >= 4 is 23.0 Å². The van der Waals surface area contributed by atoms with E-state index in [1.807, 2.05) is 11.0 Å². The molecule has 3 N–H and O–H groups in total. The second-order valence-corrected chi connectivity index (χ2v) is 7.49. The maximum Gasteiger partial charge on any atom is 0.224 e. The molecule has 0 atom stereocenters. The summed E-state index contributed by atoms with van der Waals surface area (Å²) in [6.07, 6.45) is 8.21. The molecule has 0 saturated heterocycles. The number of carbonyl (C=O) groups excluding carboxylic acids is 1. The van der Waals surface area contributed by atoms with Crippen LogP contribution >= 0.6 is 0 Å². The fourth-order valence-electron chi connectivity index (χ4n) is 2.99. The Morgan fingerprint density at radius 2 is 2.00 bits per heavy atom. The fraction of sp³-hybridized carbons (Fsp3) is 0.318. The van der Waals surface area contributed by atoms with E-state index in [-0.39, 0.29) is 17.1 Å². The average Bonchev–Trinajstić information content (AvgIpc) is 3.34. The summed E-state index contributed by atoms with van der Waals surface area (Å²) in [5.41, 5.74) is 9.19. The van der Waals surface area contributed by atoms with Crippen molar-refractivity contribution in [2.45, 2.75) is 32.7 Å². The number of carbonyl (C=O) groups is 1. The lowest BCUT2D eigenvalue weighted by Crippen LogP contribution is -2.23. The lowest BCUT2D eigenvalue weighted by atomic mass is 10.1. The van der Waals surface area contributed by atoms with Crippen LogP contribution < -0.4 is 16.0 Å². The summed E-state index contributed by atoms with van der Waals surface area (Å²) >= 11 is 0. The summed E-state index contributed by atoms with van der Waals surface area (Å²) in [5.74, 6) is 2.35. The number of halogens is 1. The molecule has 0 spiro atoms. The molecule has 2 aromatic carbocycles. The minimum Gasteiger partial charge on any atom is -0.397 e. The molecular weight excluding hydrogens is 341 g/mol. The van der Waals surface area contributed by atoms with Crippen LogP contribution in [0.25, 0.3) is 0 Å². The van der Waals surface area contributed by atoms with Gasteiger partial charge >= 0.3 is 0 Å². The molecular formula is C22H24FN3O. The molecule has 27 heavy (non-hydrogen) atoms. The number of anilines is 3. The zero-order valence-electron chi connectivity index (χ0n) is 15.5. The summed E-state index contributed by atoms with van der Waals surface area (Å²) in [6, 6.07) is 11.8. The molecule has 0 heterocycles. The number of nitrogen functional groups attached to an aromatic ring is 1. The van der Waals surface area contributed by atoms with Gasteiger partial charge in [-0.2, -0.15) is 0 Å². The Morgan fingerprint density at radius 3 is 2.59 bits per heavy atom. The topological polar surface area (TPSA) is 58.4 Å². The molecule has 2 aromatic rings. The van der Waals surface area contributed by atoms with E-state index in [0.717, 1.165) is 24.1 Å². The van der Waals surface area contributed by atoms with Gasteiger partial charge in [0.05, 0.1) is 17.9 Å². The third-order valence-electron chi connectivity index (χ3n) is 4.93. The number of terminal acetylenes is 1. The van der Waals surface area contributed by atoms with Crippen molar-refractivity contribution in [2.75, 3.05) is 22.5 Å². The van der Waals surface area contributed by atoms with Crippen LogP contribution in [0.4, 0.5) is 21.5 Å². The first kappa shape index (κ1) is 18.8. The van der Waals surface area contributed by atoms with Gasteiger partial charge in [0, 0.05) is 18.7 Å². The summed E-state index contributed by atoms with van der Waals surface area (Å²) in [6.45, 7) is 3.04. The lowest BCUT2D eigenvalue weighted by Gasteiger charge is -2.24. The standard InChI is InChI=1S/C22H24FN3O/c1-3-12-26(15-16-4-6-17(23)7-5-16)18-8-9-20(19(24)13-18)25-21(27)14-22(2)10-11-22/h1,4-9,13H,10-12,14-15,24H2,2H3,(H,25,27). The summed E-state index contributed by atoms with van der Waals surface area (Å²) in [7, 11) is 0. The molecule has 140 valence electrons. The van der Waals surface area contributed by atoms with E-state index in [9.17, 15) is 9.18 Å². The summed E-state index contributed by atoms with van der Waals surface area (Å²) in [5, 5.41) is 2.90. The molecule has 1 aliphatic carbocycles. The largest absolute Gasteiger partial charge is 0.397 e. The molecule has 3 rings (SSSR count). The van der Waals surface area contributed by atoms with Crippen LogP contribution in [0.1, 0.15) is 31.7 Å². The van der Waals surface area contributed by atoms with Crippen LogP contribution in [0.5, 0.6) is 0 Å². The van der Waals surface area contributed by atoms with Crippen LogP contribution in [0.2, 0.25) is 0 Å². The predicted molar refractivity (Wildman–Crippen MR) is 108 cm³/mol. The third-order valence-corrected chi connectivity index (χ3v) is 4.93. The molecule has 1 aliphatic rings. The first-order valence-corrected chi connectivity index (χ1v) is 9.01. The highest BCUT2D eigenvalue weighted by molar-refractivity contribution is 5.94. The Kier molecular flexibility index (Phi) is 5.36. The smallest absolute Gasteiger partial charge is 0.224 e. The fourth-order valence-corrected chi connectivity index (χ4v) is 2.99. The lowest BCUT2D eigenvalue weighted by molar-refractivity contribution is -0.117. The van der Waals surface area contributed by atoms with Crippen molar-refractivity contribution < 1.29 is 9.18 Å². The van der Waals surface area contributed by atoms with Gasteiger partial charge in [-0.3, -0.25) is 4.79 Å². The van der Waals surface area contributed by atoms with Gasteiger partial charge in [0.2, 0.25) is 5.91 Å². The number of nitrogens with two attached hydrogens (primary N) is 1. The number of benzene rings is 2. The normalized spacial score (nSPS) is 14.3. The molecule has 0 radical (unpaired) electrons. The van der Waals surface area contributed by atoms with Gasteiger partial charge in [0.25, 0.3) is 0 Å². The molecule has 1 saturated carbocycles. The second kappa shape index (κ2) is 7.71. The van der Waals surface area contributed by atoms with E-state index in [2.05, 4.69) is 18.2 Å². The first-order chi connectivity index (χ1) is 12.9. The van der Waals surface area contributed by atoms with E-state index in [0.29, 0.717) is 30.9 Å². The van der Waals surface area contributed by atoms with Crippen LogP contribution in [0, 0.1) is 23.6 Å². The minimum absolute atomic E-state index is 0.0127. The van der Waals surface area contributed by atoms with Crippen molar-refractivity contribution in [3.8, 4) is 12.3 Å². The number of hydrogen-bond donors (Lipinski definition) is 2. The second-order valence-electron chi connectivity index (χ2n) is 7.49. The number of amides is 1. The van der Waals surface area contributed by atoms with Crippen LogP contribution in [0.15, 0.2) is 42.5 Å². The zero-order chi connectivity index (χ0) is 19.4. The molecule has 0 aromatic heterocycles. The molecule has 0 unspecified atom stereocenters. The summed E-state index contributed by atoms with van der Waals surface area (Å²) in [4.78, 5) is 14.1. The average molecular weight is 365 g/mol. The molecule has 5 heteroatoms. The summed E-state index contributed by atoms with van der Waals surface area (Å²) < 4.78 is 13.1. The van der Waals surface area contributed by atoms with Gasteiger partial charge in [0.1, 0.15) is 5.82 Å². The predicted octanol–water partition coefficient (Wildman–Crippen LogP) is 4.18. The van der Waals surface area contributed by atoms with Crippen molar-refractivity contribution in [1.29, 1.82) is 0 Å². The number of nitrogens with zero attached hydrogens (tertiary/aromatic N) is 1. The van der Waals surface area contributed by atoms with E-state index in [1.165, 1.54) is 12.1 Å². The van der Waals surface area contributed by atoms with Gasteiger partial charge in [0.15, 0.2) is 0 Å². The van der Waals surface area contributed by atoms with Crippen molar-refractivity contribution in [3.05, 3.63) is 53.8 Å². The maximum atomic E-state index is 13.1. The number of hydrogen-bond acceptors (Lipinski definition) is 3. The SMILES string of the molecule is C#CCN(Cc1ccc(F)cc1)c1ccc(NC(=O)CC2(C)CC2)c(N)c1. The van der Waals surface area contributed by atoms with E-state index in [4.69, 9.17) is 12.2 Å². The highest BCUT2D eigenvalue weighted by Gasteiger charge is 2.39. The van der Waals surface area contributed by atoms with Gasteiger partial charge in [-0.1, -0.05) is 25.0 Å². The first-order valence-electron chi connectivity index (χ1n) is 9.01. The van der Waals surface area contributed by atoms with Crippen LogP contribution in [-0.2, 0) is 11.3 Å². The Balaban J connectivity index is 1.71. The monoisotopic (exact) mass is 365 g/mol. The highest BCUT2D eigenvalue weighted by Crippen LogP contribution is 2.48. The van der Waals surface area contributed by atoms with E-state index < -0.39 is 0 Å². The minimum atomic E-state index is -0.272. The van der Waals surface area contributed by atoms with Crippen molar-refractivity contribution in [1.82, 2.24) is 0 Å². The number of rotatable bonds is 7. The molecule has 1 amide bonds. The van der Waals surface area contributed by atoms with Gasteiger partial charge in [-0.15, -0.1) is 6.42 Å². The molecule has 1 fully saturated rings. The Bertz CT molecular complexity index is 866. The van der Waals surface area contributed by atoms with Crippen LogP contribution in [0.3, 0.4) is 0 Å². The van der Waals surface area contributed by atoms with Crippen molar-refractivity contribution in [3.63, 3.8) is 0 Å². The highest BCUT2D eigenvalue weighted by atomic mass is 19.1. The zero-order valence-corrected chi connectivity index (χ0v) is 15.5. The van der Waals surface area contributed by atoms with Gasteiger partial charge in [-0.25, -0.2) is 4.39 Å². The quantitative estimate of drug-likeness (QED) is 0.572. The Labute approximate surface area is 159 Å². The van der Waals surface area contributed by atoms with Crippen LogP contribution in [-0.4, -0.2) is 12.5 Å². The van der Waals surface area contributed by atoms with Crippen molar-refractivity contribution in [2.24, 2.45) is 5.41 Å². The third kappa shape index (κ3) is 5.01. The Hall–Kier alpha value is -3.00. The number of nitrogens with one attached hydrogen (secondary N) is 1. The molecule has 4 nitrogen and oxygen atoms in total. The molecule has 0 aliphatic heterocycles. The van der Waals surface area contributed by atoms with Gasteiger partial charge in [-0.05, 0) is 54.2 Å². The van der Waals surface area contributed by atoms with E-state index in [1.54, 1.807) is 24.3 Å². The Morgan fingerprint density at radius 1 is 1.30 bits per heavy atom. The molecule has 0 bridgehead atoms. The van der Waals surface area contributed by atoms with E-state index >= 15 is 0 Å². The van der Waals surface area contributed by atoms with Gasteiger partial charge < -0.3 is 16.0 Å². The maximum absolute atomic E-state index is 13.1.